The lowest BCUT2D eigenvalue weighted by atomic mass is 10.1. The number of benzene rings is 3. The lowest BCUT2D eigenvalue weighted by Gasteiger charge is -2.20. The van der Waals surface area contributed by atoms with Gasteiger partial charge in [-0.25, -0.2) is 0 Å². The Balaban J connectivity index is 1.71. The molecule has 31 heavy (non-hydrogen) atoms. The van der Waals surface area contributed by atoms with E-state index in [0.717, 1.165) is 16.3 Å². The van der Waals surface area contributed by atoms with Gasteiger partial charge in [-0.15, -0.1) is 0 Å². The van der Waals surface area contributed by atoms with Gasteiger partial charge in [-0.1, -0.05) is 60.7 Å². The Morgan fingerprint density at radius 2 is 1.61 bits per heavy atom. The molecule has 0 fully saturated rings. The van der Waals surface area contributed by atoms with E-state index in [1.54, 1.807) is 0 Å². The summed E-state index contributed by atoms with van der Waals surface area (Å²) in [5.41, 5.74) is 13.1. The molecule has 0 heterocycles. The van der Waals surface area contributed by atoms with E-state index in [-0.39, 0.29) is 5.91 Å². The summed E-state index contributed by atoms with van der Waals surface area (Å²) in [4.78, 5) is 25.4. The van der Waals surface area contributed by atoms with E-state index in [1.165, 1.54) is 0 Å². The van der Waals surface area contributed by atoms with E-state index in [0.29, 0.717) is 37.9 Å². The number of nitrogens with two attached hydrogens (primary N) is 2. The molecule has 0 aliphatic heterocycles. The number of carbonyl (C=O) groups excluding carboxylic acids is 2. The van der Waals surface area contributed by atoms with Crippen LogP contribution in [0.25, 0.3) is 10.8 Å². The minimum absolute atomic E-state index is 0.360. The predicted octanol–water partition coefficient (Wildman–Crippen LogP) is 3.39. The first kappa shape index (κ1) is 22.5. The van der Waals surface area contributed by atoms with Gasteiger partial charge < -0.3 is 21.5 Å². The summed E-state index contributed by atoms with van der Waals surface area (Å²) in [6, 6.07) is 22.6. The van der Waals surface area contributed by atoms with Crippen molar-refractivity contribution < 1.29 is 14.3 Å². The lowest BCUT2D eigenvalue weighted by molar-refractivity contribution is -0.156. The zero-order valence-corrected chi connectivity index (χ0v) is 17.5. The number of aryl methyl sites for hydroxylation is 1. The third-order valence-electron chi connectivity index (χ3n) is 5.13. The molecule has 5 N–H and O–H groups in total. The molecule has 0 saturated carbocycles. The highest BCUT2D eigenvalue weighted by Crippen LogP contribution is 2.20. The molecule has 3 aromatic carbocycles. The van der Waals surface area contributed by atoms with E-state index in [2.05, 4.69) is 5.32 Å². The minimum Gasteiger partial charge on any atom is -0.451 e. The van der Waals surface area contributed by atoms with Crippen molar-refractivity contribution in [3.05, 3.63) is 78.4 Å². The zero-order valence-electron chi connectivity index (χ0n) is 17.5. The molecule has 162 valence electrons. The first-order valence-electron chi connectivity index (χ1n) is 10.6. The first-order chi connectivity index (χ1) is 15.1. The topological polar surface area (TPSA) is 107 Å². The second-order valence-corrected chi connectivity index (χ2v) is 7.54. The number of rotatable bonds is 10. The number of fused-ring (bicyclic) bond motifs is 1. The first-order valence-corrected chi connectivity index (χ1v) is 10.6. The summed E-state index contributed by atoms with van der Waals surface area (Å²) in [5, 5.41) is 4.98. The van der Waals surface area contributed by atoms with Crippen molar-refractivity contribution >= 4 is 28.3 Å². The highest BCUT2D eigenvalue weighted by molar-refractivity contribution is 5.97. The highest BCUT2D eigenvalue weighted by atomic mass is 16.5. The Morgan fingerprint density at radius 1 is 0.903 bits per heavy atom. The lowest BCUT2D eigenvalue weighted by Crippen LogP contribution is -2.40. The van der Waals surface area contributed by atoms with Crippen LogP contribution < -0.4 is 16.8 Å². The normalized spacial score (nSPS) is 12.8. The predicted molar refractivity (Wildman–Crippen MR) is 123 cm³/mol. The number of hydrogen-bond acceptors (Lipinski definition) is 5. The maximum atomic E-state index is 13.0. The van der Waals surface area contributed by atoms with Gasteiger partial charge in [0.2, 0.25) is 0 Å². The standard InChI is InChI=1S/C25H29N3O3/c26-16-6-11-22(27)25(30)31-23(15-12-18-7-2-1-3-8-18)24(29)28-21-14-13-19-9-4-5-10-20(19)17-21/h1-5,7-10,13-14,17,22-23H,6,11-12,15-16,26-27H2,(H,28,29)/t22-,23?/m1/s1. The van der Waals surface area contributed by atoms with Crippen molar-refractivity contribution in [3.8, 4) is 0 Å². The van der Waals surface area contributed by atoms with Gasteiger partial charge in [-0.05, 0) is 60.7 Å². The third kappa shape index (κ3) is 6.64. The molecule has 0 aromatic heterocycles. The van der Waals surface area contributed by atoms with Gasteiger partial charge in [-0.2, -0.15) is 0 Å². The Morgan fingerprint density at radius 3 is 2.35 bits per heavy atom. The van der Waals surface area contributed by atoms with Crippen molar-refractivity contribution in [3.63, 3.8) is 0 Å². The number of carbonyl (C=O) groups is 2. The van der Waals surface area contributed by atoms with Crippen LogP contribution in [0.4, 0.5) is 5.69 Å². The zero-order chi connectivity index (χ0) is 22.1. The summed E-state index contributed by atoms with van der Waals surface area (Å²) < 4.78 is 5.54. The van der Waals surface area contributed by atoms with Crippen LogP contribution in [0, 0.1) is 0 Å². The summed E-state index contributed by atoms with van der Waals surface area (Å²) in [6.07, 6.45) is 1.06. The molecular weight excluding hydrogens is 390 g/mol. The molecule has 3 rings (SSSR count). The fourth-order valence-corrected chi connectivity index (χ4v) is 3.36. The smallest absolute Gasteiger partial charge is 0.323 e. The van der Waals surface area contributed by atoms with Gasteiger partial charge in [0.05, 0.1) is 0 Å². The second kappa shape index (κ2) is 11.2. The average molecular weight is 420 g/mol. The second-order valence-electron chi connectivity index (χ2n) is 7.54. The minimum atomic E-state index is -0.942. The van der Waals surface area contributed by atoms with Crippen LogP contribution in [0.1, 0.15) is 24.8 Å². The molecular formula is C25H29N3O3. The SMILES string of the molecule is NCCC[C@@H](N)C(=O)OC(CCc1ccccc1)C(=O)Nc1ccc2ccccc2c1. The van der Waals surface area contributed by atoms with Crippen LogP contribution in [0.2, 0.25) is 0 Å². The van der Waals surface area contributed by atoms with Crippen molar-refractivity contribution in [2.75, 3.05) is 11.9 Å². The Labute approximate surface area is 182 Å². The maximum absolute atomic E-state index is 13.0. The number of hydrogen-bond donors (Lipinski definition) is 3. The molecule has 0 aliphatic rings. The van der Waals surface area contributed by atoms with Crippen molar-refractivity contribution in [1.29, 1.82) is 0 Å². The third-order valence-corrected chi connectivity index (χ3v) is 5.13. The summed E-state index contributed by atoms with van der Waals surface area (Å²) in [6.45, 7) is 0.445. The molecule has 3 aromatic rings. The number of esters is 1. The van der Waals surface area contributed by atoms with E-state index >= 15 is 0 Å². The molecule has 1 amide bonds. The molecule has 0 bridgehead atoms. The summed E-state index contributed by atoms with van der Waals surface area (Å²) >= 11 is 0. The van der Waals surface area contributed by atoms with E-state index in [1.807, 2.05) is 72.8 Å². The molecule has 6 heteroatoms. The van der Waals surface area contributed by atoms with E-state index < -0.39 is 18.1 Å². The largest absolute Gasteiger partial charge is 0.451 e. The van der Waals surface area contributed by atoms with Gasteiger partial charge in [-0.3, -0.25) is 9.59 Å². The van der Waals surface area contributed by atoms with Crippen LogP contribution >= 0.6 is 0 Å². The van der Waals surface area contributed by atoms with Crippen LogP contribution in [-0.4, -0.2) is 30.6 Å². The number of amides is 1. The van der Waals surface area contributed by atoms with Crippen LogP contribution in [0.15, 0.2) is 72.8 Å². The molecule has 0 aliphatic carbocycles. The van der Waals surface area contributed by atoms with Gasteiger partial charge in [0.15, 0.2) is 6.10 Å². The summed E-state index contributed by atoms with van der Waals surface area (Å²) in [7, 11) is 0. The van der Waals surface area contributed by atoms with Crippen LogP contribution in [0.3, 0.4) is 0 Å². The highest BCUT2D eigenvalue weighted by Gasteiger charge is 2.26. The Bertz CT molecular complexity index is 1010. The van der Waals surface area contributed by atoms with Gasteiger partial charge in [0.25, 0.3) is 5.91 Å². The van der Waals surface area contributed by atoms with E-state index in [4.69, 9.17) is 16.2 Å². The van der Waals surface area contributed by atoms with Crippen LogP contribution in [0.5, 0.6) is 0 Å². The Hall–Kier alpha value is -3.22. The number of anilines is 1. The quantitative estimate of drug-likeness (QED) is 0.437. The van der Waals surface area contributed by atoms with Gasteiger partial charge >= 0.3 is 5.97 Å². The summed E-state index contributed by atoms with van der Waals surface area (Å²) in [5.74, 6) is -0.953. The fraction of sp³-hybridized carbons (Fsp3) is 0.280. The van der Waals surface area contributed by atoms with Crippen LogP contribution in [-0.2, 0) is 20.7 Å². The van der Waals surface area contributed by atoms with Crippen molar-refractivity contribution in [2.45, 2.75) is 37.8 Å². The molecule has 2 atom stereocenters. The molecule has 0 saturated heterocycles. The number of nitrogens with one attached hydrogen (secondary N) is 1. The van der Waals surface area contributed by atoms with Gasteiger partial charge in [0.1, 0.15) is 6.04 Å². The molecule has 0 spiro atoms. The van der Waals surface area contributed by atoms with Gasteiger partial charge in [0, 0.05) is 5.69 Å². The van der Waals surface area contributed by atoms with Crippen molar-refractivity contribution in [1.82, 2.24) is 0 Å². The fourth-order valence-electron chi connectivity index (χ4n) is 3.36. The molecule has 6 nitrogen and oxygen atoms in total. The van der Waals surface area contributed by atoms with E-state index in [9.17, 15) is 9.59 Å². The monoisotopic (exact) mass is 419 g/mol. The number of ether oxygens (including phenoxy) is 1. The Kier molecular flexibility index (Phi) is 8.15. The van der Waals surface area contributed by atoms with Crippen molar-refractivity contribution in [2.24, 2.45) is 11.5 Å². The average Bonchev–Trinajstić information content (AvgIpc) is 2.80. The molecule has 1 unspecified atom stereocenters. The maximum Gasteiger partial charge on any atom is 0.323 e. The molecule has 0 radical (unpaired) electrons.